The van der Waals surface area contributed by atoms with Crippen molar-refractivity contribution in [2.24, 2.45) is 5.41 Å². The van der Waals surface area contributed by atoms with Crippen LogP contribution in [0.3, 0.4) is 0 Å². The maximum Gasteiger partial charge on any atom is 0.0624 e. The predicted molar refractivity (Wildman–Crippen MR) is 69.9 cm³/mol. The number of hydrogen-bond donors (Lipinski definition) is 1. The Morgan fingerprint density at radius 3 is 2.82 bits per heavy atom. The Balaban J connectivity index is 2.07. The fourth-order valence-corrected chi connectivity index (χ4v) is 2.93. The topological polar surface area (TPSA) is 37.8 Å². The molecule has 0 bridgehead atoms. The fraction of sp³-hybridized carbons (Fsp3) is 0.714. The summed E-state index contributed by atoms with van der Waals surface area (Å²) >= 11 is 0. The standard InChI is InChI=1S/C14H23N3/c1-4-6-17-13-9-11(14(13,3)5-2)12-10-15-7-8-16-12/h7-8,10-11,13,17H,4-6,9H2,1-3H3. The van der Waals surface area contributed by atoms with Gasteiger partial charge in [0.25, 0.3) is 0 Å². The second-order valence-corrected chi connectivity index (χ2v) is 5.28. The Hall–Kier alpha value is -0.960. The van der Waals surface area contributed by atoms with E-state index in [1.54, 1.807) is 12.4 Å². The van der Waals surface area contributed by atoms with Gasteiger partial charge in [-0.05, 0) is 31.2 Å². The van der Waals surface area contributed by atoms with E-state index in [1.807, 2.05) is 6.20 Å². The van der Waals surface area contributed by atoms with E-state index in [1.165, 1.54) is 19.3 Å². The lowest BCUT2D eigenvalue weighted by atomic mass is 9.55. The molecule has 1 aromatic heterocycles. The second-order valence-electron chi connectivity index (χ2n) is 5.28. The molecule has 3 heteroatoms. The van der Waals surface area contributed by atoms with Crippen molar-refractivity contribution in [3.63, 3.8) is 0 Å². The molecule has 0 amide bonds. The van der Waals surface area contributed by atoms with Crippen molar-refractivity contribution in [1.29, 1.82) is 0 Å². The van der Waals surface area contributed by atoms with E-state index in [0.717, 1.165) is 12.2 Å². The highest BCUT2D eigenvalue weighted by atomic mass is 15.0. The highest BCUT2D eigenvalue weighted by Gasteiger charge is 2.51. The molecule has 17 heavy (non-hydrogen) atoms. The van der Waals surface area contributed by atoms with Gasteiger partial charge in [0.1, 0.15) is 0 Å². The van der Waals surface area contributed by atoms with Crippen molar-refractivity contribution in [1.82, 2.24) is 15.3 Å². The third-order valence-electron chi connectivity index (χ3n) is 4.41. The smallest absolute Gasteiger partial charge is 0.0624 e. The van der Waals surface area contributed by atoms with Crippen LogP contribution in [0.15, 0.2) is 18.6 Å². The molecule has 1 fully saturated rings. The quantitative estimate of drug-likeness (QED) is 0.849. The molecule has 1 aliphatic carbocycles. The lowest BCUT2D eigenvalue weighted by Gasteiger charge is -2.54. The van der Waals surface area contributed by atoms with Crippen molar-refractivity contribution in [3.05, 3.63) is 24.3 Å². The van der Waals surface area contributed by atoms with Crippen LogP contribution in [0.1, 0.15) is 51.6 Å². The highest BCUT2D eigenvalue weighted by molar-refractivity contribution is 5.19. The van der Waals surface area contributed by atoms with Crippen LogP contribution in [-0.2, 0) is 0 Å². The molecule has 0 radical (unpaired) electrons. The maximum atomic E-state index is 4.47. The first-order chi connectivity index (χ1) is 8.22. The van der Waals surface area contributed by atoms with Crippen LogP contribution in [0.5, 0.6) is 0 Å². The number of aromatic nitrogens is 2. The Labute approximate surface area is 104 Å². The summed E-state index contributed by atoms with van der Waals surface area (Å²) in [6, 6.07) is 0.638. The minimum Gasteiger partial charge on any atom is -0.313 e. The van der Waals surface area contributed by atoms with E-state index >= 15 is 0 Å². The summed E-state index contributed by atoms with van der Waals surface area (Å²) in [6.45, 7) is 7.99. The summed E-state index contributed by atoms with van der Waals surface area (Å²) in [6.07, 6.45) is 9.07. The average Bonchev–Trinajstić information content (AvgIpc) is 2.38. The van der Waals surface area contributed by atoms with Gasteiger partial charge < -0.3 is 5.32 Å². The molecule has 3 atom stereocenters. The molecular weight excluding hydrogens is 210 g/mol. The molecule has 1 aromatic rings. The summed E-state index contributed by atoms with van der Waals surface area (Å²) in [5.74, 6) is 0.565. The lowest BCUT2D eigenvalue weighted by Crippen LogP contribution is -2.57. The zero-order valence-corrected chi connectivity index (χ0v) is 11.1. The van der Waals surface area contributed by atoms with Gasteiger partial charge in [0.2, 0.25) is 0 Å². The number of hydrogen-bond acceptors (Lipinski definition) is 3. The van der Waals surface area contributed by atoms with Crippen molar-refractivity contribution in [3.8, 4) is 0 Å². The molecule has 1 heterocycles. The maximum absolute atomic E-state index is 4.47. The monoisotopic (exact) mass is 233 g/mol. The first kappa shape index (κ1) is 12.5. The predicted octanol–water partition coefficient (Wildman–Crippen LogP) is 2.75. The third-order valence-corrected chi connectivity index (χ3v) is 4.41. The van der Waals surface area contributed by atoms with Gasteiger partial charge in [0, 0.05) is 30.6 Å². The van der Waals surface area contributed by atoms with Crippen LogP contribution in [0.2, 0.25) is 0 Å². The van der Waals surface area contributed by atoms with Gasteiger partial charge in [0.15, 0.2) is 0 Å². The molecule has 0 aromatic carbocycles. The Bertz CT molecular complexity index is 352. The number of rotatable bonds is 5. The minimum absolute atomic E-state index is 0.338. The van der Waals surface area contributed by atoms with Crippen LogP contribution in [0.4, 0.5) is 0 Å². The zero-order valence-electron chi connectivity index (χ0n) is 11.1. The molecule has 1 N–H and O–H groups in total. The van der Waals surface area contributed by atoms with Crippen LogP contribution < -0.4 is 5.32 Å². The third kappa shape index (κ3) is 2.21. The SMILES string of the molecule is CCCNC1CC(c2cnccn2)C1(C)CC. The molecule has 3 unspecified atom stereocenters. The zero-order chi connectivity index (χ0) is 12.3. The molecule has 94 valence electrons. The summed E-state index contributed by atoms with van der Waals surface area (Å²) in [5.41, 5.74) is 1.50. The van der Waals surface area contributed by atoms with Gasteiger partial charge in [-0.15, -0.1) is 0 Å². The van der Waals surface area contributed by atoms with E-state index in [2.05, 4.69) is 36.1 Å². The fourth-order valence-electron chi connectivity index (χ4n) is 2.93. The van der Waals surface area contributed by atoms with Gasteiger partial charge in [-0.25, -0.2) is 0 Å². The molecule has 1 saturated carbocycles. The summed E-state index contributed by atoms with van der Waals surface area (Å²) in [7, 11) is 0. The summed E-state index contributed by atoms with van der Waals surface area (Å²) in [5, 5.41) is 3.66. The summed E-state index contributed by atoms with van der Waals surface area (Å²) in [4.78, 5) is 8.66. The average molecular weight is 233 g/mol. The molecule has 3 nitrogen and oxygen atoms in total. The van der Waals surface area contributed by atoms with Crippen LogP contribution in [-0.4, -0.2) is 22.6 Å². The van der Waals surface area contributed by atoms with Crippen molar-refractivity contribution >= 4 is 0 Å². The molecule has 0 saturated heterocycles. The van der Waals surface area contributed by atoms with Crippen molar-refractivity contribution in [2.75, 3.05) is 6.54 Å². The normalized spacial score (nSPS) is 32.2. The van der Waals surface area contributed by atoms with Gasteiger partial charge in [0.05, 0.1) is 5.69 Å². The van der Waals surface area contributed by atoms with E-state index < -0.39 is 0 Å². The Kier molecular flexibility index (Phi) is 3.77. The van der Waals surface area contributed by atoms with Gasteiger partial charge in [-0.3, -0.25) is 9.97 Å². The first-order valence-electron chi connectivity index (χ1n) is 6.71. The van der Waals surface area contributed by atoms with E-state index in [-0.39, 0.29) is 0 Å². The van der Waals surface area contributed by atoms with Gasteiger partial charge in [-0.1, -0.05) is 20.8 Å². The van der Waals surface area contributed by atoms with E-state index in [9.17, 15) is 0 Å². The molecule has 0 spiro atoms. The molecule has 0 aliphatic heterocycles. The van der Waals surface area contributed by atoms with Gasteiger partial charge >= 0.3 is 0 Å². The lowest BCUT2D eigenvalue weighted by molar-refractivity contribution is 0.0419. The van der Waals surface area contributed by atoms with Crippen LogP contribution in [0.25, 0.3) is 0 Å². The van der Waals surface area contributed by atoms with Crippen molar-refractivity contribution < 1.29 is 0 Å². The highest BCUT2D eigenvalue weighted by Crippen LogP contribution is 2.54. The Morgan fingerprint density at radius 1 is 1.41 bits per heavy atom. The summed E-state index contributed by atoms with van der Waals surface area (Å²) < 4.78 is 0. The van der Waals surface area contributed by atoms with Crippen LogP contribution in [0, 0.1) is 5.41 Å². The molecule has 1 aliphatic rings. The second kappa shape index (κ2) is 5.13. The number of nitrogens with one attached hydrogen (secondary N) is 1. The molecule has 2 rings (SSSR count). The largest absolute Gasteiger partial charge is 0.313 e. The number of nitrogens with zero attached hydrogens (tertiary/aromatic N) is 2. The van der Waals surface area contributed by atoms with E-state index in [4.69, 9.17) is 0 Å². The van der Waals surface area contributed by atoms with E-state index in [0.29, 0.717) is 17.4 Å². The Morgan fingerprint density at radius 2 is 2.24 bits per heavy atom. The van der Waals surface area contributed by atoms with Crippen molar-refractivity contribution in [2.45, 2.75) is 52.0 Å². The van der Waals surface area contributed by atoms with Crippen LogP contribution >= 0.6 is 0 Å². The van der Waals surface area contributed by atoms with Gasteiger partial charge in [-0.2, -0.15) is 0 Å². The molecular formula is C14H23N3. The first-order valence-corrected chi connectivity index (χ1v) is 6.71. The minimum atomic E-state index is 0.338.